The third-order valence-electron chi connectivity index (χ3n) is 4.56. The van der Waals surface area contributed by atoms with E-state index in [9.17, 15) is 0 Å². The second-order valence-electron chi connectivity index (χ2n) is 6.22. The Morgan fingerprint density at radius 2 is 2.00 bits per heavy atom. The molecule has 2 nitrogen and oxygen atoms in total. The summed E-state index contributed by atoms with van der Waals surface area (Å²) in [5.41, 5.74) is 1.35. The molecule has 1 aromatic rings. The maximum Gasteiger partial charge on any atom is 0.124 e. The largest absolute Gasteiger partial charge is 0.492 e. The van der Waals surface area contributed by atoms with Gasteiger partial charge in [0.15, 0.2) is 0 Å². The average molecular weight is 305 g/mol. The van der Waals surface area contributed by atoms with Crippen LogP contribution < -0.4 is 10.1 Å². The number of para-hydroxylation sites is 1. The zero-order valence-corrected chi connectivity index (χ0v) is 13.8. The molecule has 1 aliphatic heterocycles. The summed E-state index contributed by atoms with van der Waals surface area (Å²) in [4.78, 5) is 0. The molecular formula is C18H27NOS. The first-order chi connectivity index (χ1) is 10.4. The number of ether oxygens (including phenoxy) is 1. The molecule has 1 aromatic carbocycles. The Kier molecular flexibility index (Phi) is 5.48. The Labute approximate surface area is 133 Å². The number of rotatable bonds is 5. The van der Waals surface area contributed by atoms with E-state index in [-0.39, 0.29) is 0 Å². The fraction of sp³-hybridized carbons (Fsp3) is 0.667. The Balaban J connectivity index is 1.72. The summed E-state index contributed by atoms with van der Waals surface area (Å²) in [7, 11) is 0. The highest BCUT2D eigenvalue weighted by Crippen LogP contribution is 2.41. The molecule has 2 unspecified atom stereocenters. The number of nitrogens with one attached hydrogen (secondary N) is 1. The highest BCUT2D eigenvalue weighted by molar-refractivity contribution is 8.00. The zero-order chi connectivity index (χ0) is 14.5. The molecule has 0 radical (unpaired) electrons. The molecule has 1 heterocycles. The molecule has 2 atom stereocenters. The summed E-state index contributed by atoms with van der Waals surface area (Å²) in [5, 5.41) is 5.15. The second-order valence-corrected chi connectivity index (χ2v) is 7.76. The first-order valence-corrected chi connectivity index (χ1v) is 9.43. The molecule has 3 rings (SSSR count). The molecule has 1 N–H and O–H groups in total. The SMILES string of the molecule is CCCNC1c2ccccc2OCC1SC1CCCCC1. The van der Waals surface area contributed by atoms with Gasteiger partial charge in [0.2, 0.25) is 0 Å². The lowest BCUT2D eigenvalue weighted by Gasteiger charge is -2.36. The summed E-state index contributed by atoms with van der Waals surface area (Å²) < 4.78 is 6.03. The molecule has 116 valence electrons. The lowest BCUT2D eigenvalue weighted by molar-refractivity contribution is 0.260. The van der Waals surface area contributed by atoms with Crippen LogP contribution in [-0.4, -0.2) is 23.7 Å². The predicted molar refractivity (Wildman–Crippen MR) is 91.2 cm³/mol. The second kappa shape index (κ2) is 7.55. The van der Waals surface area contributed by atoms with Gasteiger partial charge in [-0.25, -0.2) is 0 Å². The van der Waals surface area contributed by atoms with Gasteiger partial charge in [-0.3, -0.25) is 0 Å². The third-order valence-corrected chi connectivity index (χ3v) is 6.18. The van der Waals surface area contributed by atoms with Crippen LogP contribution in [0, 0.1) is 0 Å². The van der Waals surface area contributed by atoms with Gasteiger partial charge in [0.1, 0.15) is 12.4 Å². The Bertz CT molecular complexity index is 445. The quantitative estimate of drug-likeness (QED) is 0.862. The lowest BCUT2D eigenvalue weighted by Crippen LogP contribution is -2.39. The molecule has 0 aromatic heterocycles. The van der Waals surface area contributed by atoms with E-state index in [2.05, 4.69) is 48.3 Å². The Hall–Kier alpha value is -0.670. The monoisotopic (exact) mass is 305 g/mol. The molecule has 0 saturated heterocycles. The van der Waals surface area contributed by atoms with Gasteiger partial charge in [-0.15, -0.1) is 11.8 Å². The Morgan fingerprint density at radius 1 is 1.19 bits per heavy atom. The van der Waals surface area contributed by atoms with Crippen LogP contribution in [-0.2, 0) is 0 Å². The van der Waals surface area contributed by atoms with E-state index < -0.39 is 0 Å². The normalized spacial score (nSPS) is 26.1. The van der Waals surface area contributed by atoms with Gasteiger partial charge in [-0.05, 0) is 31.9 Å². The fourth-order valence-corrected chi connectivity index (χ4v) is 5.09. The van der Waals surface area contributed by atoms with Crippen molar-refractivity contribution in [3.05, 3.63) is 29.8 Å². The summed E-state index contributed by atoms with van der Waals surface area (Å²) in [6.07, 6.45) is 8.22. The van der Waals surface area contributed by atoms with Crippen molar-refractivity contribution in [1.82, 2.24) is 5.32 Å². The minimum atomic E-state index is 0.446. The number of thioether (sulfide) groups is 1. The highest BCUT2D eigenvalue weighted by Gasteiger charge is 2.32. The van der Waals surface area contributed by atoms with Crippen LogP contribution in [0.25, 0.3) is 0 Å². The molecule has 0 amide bonds. The van der Waals surface area contributed by atoms with Crippen LogP contribution >= 0.6 is 11.8 Å². The van der Waals surface area contributed by atoms with Crippen LogP contribution in [0.3, 0.4) is 0 Å². The van der Waals surface area contributed by atoms with Gasteiger partial charge in [0.25, 0.3) is 0 Å². The minimum Gasteiger partial charge on any atom is -0.492 e. The maximum atomic E-state index is 6.03. The highest BCUT2D eigenvalue weighted by atomic mass is 32.2. The Morgan fingerprint density at radius 3 is 2.81 bits per heavy atom. The smallest absolute Gasteiger partial charge is 0.124 e. The molecular weight excluding hydrogens is 278 g/mol. The van der Waals surface area contributed by atoms with Gasteiger partial charge < -0.3 is 10.1 Å². The number of fused-ring (bicyclic) bond motifs is 1. The van der Waals surface area contributed by atoms with Crippen molar-refractivity contribution in [2.45, 2.75) is 62.0 Å². The first kappa shape index (κ1) is 15.2. The summed E-state index contributed by atoms with van der Waals surface area (Å²) in [6, 6.07) is 9.00. The van der Waals surface area contributed by atoms with Gasteiger partial charge in [0.05, 0.1) is 11.3 Å². The molecule has 2 aliphatic rings. The number of hydrogen-bond donors (Lipinski definition) is 1. The zero-order valence-electron chi connectivity index (χ0n) is 13.0. The van der Waals surface area contributed by atoms with Crippen molar-refractivity contribution < 1.29 is 4.74 Å². The average Bonchev–Trinajstić information content (AvgIpc) is 2.55. The summed E-state index contributed by atoms with van der Waals surface area (Å²) >= 11 is 2.18. The predicted octanol–water partition coefficient (Wildman–Crippen LogP) is 4.55. The molecule has 1 saturated carbocycles. The maximum absolute atomic E-state index is 6.03. The van der Waals surface area contributed by atoms with Crippen LogP contribution in [0.2, 0.25) is 0 Å². The van der Waals surface area contributed by atoms with E-state index in [1.165, 1.54) is 44.1 Å². The molecule has 0 spiro atoms. The van der Waals surface area contributed by atoms with E-state index in [1.54, 1.807) is 0 Å². The van der Waals surface area contributed by atoms with E-state index >= 15 is 0 Å². The van der Waals surface area contributed by atoms with Gasteiger partial charge in [-0.2, -0.15) is 0 Å². The van der Waals surface area contributed by atoms with E-state index in [0.717, 1.165) is 24.2 Å². The molecule has 21 heavy (non-hydrogen) atoms. The van der Waals surface area contributed by atoms with Crippen molar-refractivity contribution in [3.8, 4) is 5.75 Å². The fourth-order valence-electron chi connectivity index (χ4n) is 3.44. The number of hydrogen-bond acceptors (Lipinski definition) is 3. The van der Waals surface area contributed by atoms with Gasteiger partial charge >= 0.3 is 0 Å². The van der Waals surface area contributed by atoms with Crippen molar-refractivity contribution in [3.63, 3.8) is 0 Å². The third kappa shape index (κ3) is 3.75. The van der Waals surface area contributed by atoms with Crippen LogP contribution in [0.15, 0.2) is 24.3 Å². The van der Waals surface area contributed by atoms with Crippen LogP contribution in [0.1, 0.15) is 57.1 Å². The van der Waals surface area contributed by atoms with Gasteiger partial charge in [0, 0.05) is 10.8 Å². The first-order valence-electron chi connectivity index (χ1n) is 8.49. The van der Waals surface area contributed by atoms with Gasteiger partial charge in [-0.1, -0.05) is 44.4 Å². The van der Waals surface area contributed by atoms with E-state index in [1.807, 2.05) is 0 Å². The van der Waals surface area contributed by atoms with E-state index in [0.29, 0.717) is 11.3 Å². The number of benzene rings is 1. The summed E-state index contributed by atoms with van der Waals surface area (Å²) in [5.74, 6) is 1.08. The summed E-state index contributed by atoms with van der Waals surface area (Å²) in [6.45, 7) is 4.17. The van der Waals surface area contributed by atoms with Crippen LogP contribution in [0.4, 0.5) is 0 Å². The van der Waals surface area contributed by atoms with E-state index in [4.69, 9.17) is 4.74 Å². The molecule has 1 fully saturated rings. The molecule has 3 heteroatoms. The van der Waals surface area contributed by atoms with Crippen LogP contribution in [0.5, 0.6) is 5.75 Å². The van der Waals surface area contributed by atoms with Crippen molar-refractivity contribution in [2.24, 2.45) is 0 Å². The molecule has 0 bridgehead atoms. The van der Waals surface area contributed by atoms with Crippen molar-refractivity contribution in [1.29, 1.82) is 0 Å². The minimum absolute atomic E-state index is 0.446. The van der Waals surface area contributed by atoms with Crippen molar-refractivity contribution >= 4 is 11.8 Å². The standard InChI is InChI=1S/C18H27NOS/c1-2-12-19-18-15-10-6-7-11-16(15)20-13-17(18)21-14-8-4-3-5-9-14/h6-7,10-11,14,17-19H,2-5,8-9,12-13H2,1H3. The topological polar surface area (TPSA) is 21.3 Å². The lowest BCUT2D eigenvalue weighted by atomic mass is 9.99. The molecule has 1 aliphatic carbocycles. The van der Waals surface area contributed by atoms with Crippen molar-refractivity contribution in [2.75, 3.05) is 13.2 Å².